The molecule has 0 spiro atoms. The summed E-state index contributed by atoms with van der Waals surface area (Å²) >= 11 is 0. The number of primary amides is 1. The first-order valence-electron chi connectivity index (χ1n) is 7.13. The molecule has 0 radical (unpaired) electrons. The van der Waals surface area contributed by atoms with Gasteiger partial charge >= 0.3 is 0 Å². The number of rotatable bonds is 3. The monoisotopic (exact) mass is 259 g/mol. The highest BCUT2D eigenvalue weighted by molar-refractivity contribution is 5.93. The number of hydrogen-bond acceptors (Lipinski definition) is 3. The van der Waals surface area contributed by atoms with Crippen molar-refractivity contribution in [1.82, 2.24) is 4.90 Å². The second kappa shape index (κ2) is 5.21. The van der Waals surface area contributed by atoms with Crippen molar-refractivity contribution in [2.75, 3.05) is 31.1 Å². The number of likely N-dealkylation sites (tertiary alicyclic amines) is 1. The summed E-state index contributed by atoms with van der Waals surface area (Å²) in [4.78, 5) is 16.1. The van der Waals surface area contributed by atoms with Crippen LogP contribution in [0.1, 0.15) is 29.6 Å². The predicted molar refractivity (Wildman–Crippen MR) is 76.4 cm³/mol. The predicted octanol–water partition coefficient (Wildman–Crippen LogP) is 1.46. The molecule has 3 rings (SSSR count). The van der Waals surface area contributed by atoms with Crippen LogP contribution in [0.2, 0.25) is 0 Å². The zero-order valence-corrected chi connectivity index (χ0v) is 11.2. The fourth-order valence-corrected chi connectivity index (χ4v) is 3.22. The zero-order valence-electron chi connectivity index (χ0n) is 11.2. The molecule has 2 aliphatic heterocycles. The minimum Gasteiger partial charge on any atom is -0.370 e. The number of amides is 1. The van der Waals surface area contributed by atoms with Crippen LogP contribution < -0.4 is 10.6 Å². The van der Waals surface area contributed by atoms with Crippen LogP contribution >= 0.6 is 0 Å². The molecular formula is C15H21N3O. The third-order valence-electron chi connectivity index (χ3n) is 4.34. The molecule has 2 fully saturated rings. The maximum atomic E-state index is 11.1. The molecule has 1 amide bonds. The Morgan fingerprint density at radius 3 is 2.42 bits per heavy atom. The van der Waals surface area contributed by atoms with Gasteiger partial charge in [-0.05, 0) is 56.6 Å². The molecule has 0 aromatic heterocycles. The summed E-state index contributed by atoms with van der Waals surface area (Å²) in [5.41, 5.74) is 7.05. The first-order chi connectivity index (χ1) is 9.24. The van der Waals surface area contributed by atoms with Crippen molar-refractivity contribution >= 4 is 11.6 Å². The Kier molecular flexibility index (Phi) is 3.42. The van der Waals surface area contributed by atoms with Crippen molar-refractivity contribution in [3.8, 4) is 0 Å². The molecule has 2 heterocycles. The van der Waals surface area contributed by atoms with E-state index in [1.807, 2.05) is 24.3 Å². The molecule has 4 nitrogen and oxygen atoms in total. The minimum absolute atomic E-state index is 0.358. The van der Waals surface area contributed by atoms with Gasteiger partial charge in [-0.1, -0.05) is 0 Å². The van der Waals surface area contributed by atoms with Gasteiger partial charge < -0.3 is 10.6 Å². The first-order valence-corrected chi connectivity index (χ1v) is 7.13. The molecule has 0 saturated carbocycles. The Bertz CT molecular complexity index is 451. The van der Waals surface area contributed by atoms with Crippen LogP contribution in [0.5, 0.6) is 0 Å². The van der Waals surface area contributed by atoms with Gasteiger partial charge in [0.2, 0.25) is 5.91 Å². The summed E-state index contributed by atoms with van der Waals surface area (Å²) < 4.78 is 0. The normalized spacial score (nSPS) is 24.0. The Balaban J connectivity index is 1.65. The van der Waals surface area contributed by atoms with Crippen LogP contribution in [0.15, 0.2) is 24.3 Å². The topological polar surface area (TPSA) is 49.6 Å². The Labute approximate surface area is 114 Å². The molecule has 4 heteroatoms. The van der Waals surface area contributed by atoms with Gasteiger partial charge in [-0.3, -0.25) is 9.69 Å². The average molecular weight is 259 g/mol. The van der Waals surface area contributed by atoms with Crippen molar-refractivity contribution in [2.45, 2.75) is 25.3 Å². The van der Waals surface area contributed by atoms with Gasteiger partial charge in [0.1, 0.15) is 0 Å². The van der Waals surface area contributed by atoms with Gasteiger partial charge in [0, 0.05) is 30.4 Å². The SMILES string of the molecule is NC(=O)c1ccc(N2CC[C@@H](N3CCCC3)C2)cc1. The van der Waals surface area contributed by atoms with Gasteiger partial charge in [-0.2, -0.15) is 0 Å². The fraction of sp³-hybridized carbons (Fsp3) is 0.533. The summed E-state index contributed by atoms with van der Waals surface area (Å²) in [6.45, 7) is 4.74. The van der Waals surface area contributed by atoms with E-state index in [1.54, 1.807) is 0 Å². The Morgan fingerprint density at radius 2 is 1.79 bits per heavy atom. The van der Waals surface area contributed by atoms with E-state index in [4.69, 9.17) is 5.73 Å². The molecule has 1 atom stereocenters. The molecule has 0 bridgehead atoms. The zero-order chi connectivity index (χ0) is 13.2. The van der Waals surface area contributed by atoms with Gasteiger partial charge in [0.15, 0.2) is 0 Å². The quantitative estimate of drug-likeness (QED) is 0.894. The van der Waals surface area contributed by atoms with Gasteiger partial charge in [-0.15, -0.1) is 0 Å². The molecule has 0 aliphatic carbocycles. The van der Waals surface area contributed by atoms with Crippen molar-refractivity contribution in [2.24, 2.45) is 5.73 Å². The summed E-state index contributed by atoms with van der Waals surface area (Å²) in [5.74, 6) is -0.358. The first kappa shape index (κ1) is 12.5. The smallest absolute Gasteiger partial charge is 0.248 e. The van der Waals surface area contributed by atoms with Crippen molar-refractivity contribution in [3.05, 3.63) is 29.8 Å². The van der Waals surface area contributed by atoms with Crippen LogP contribution in [-0.2, 0) is 0 Å². The van der Waals surface area contributed by atoms with Gasteiger partial charge in [0.25, 0.3) is 0 Å². The van der Waals surface area contributed by atoms with Crippen LogP contribution in [0.3, 0.4) is 0 Å². The summed E-state index contributed by atoms with van der Waals surface area (Å²) in [6, 6.07) is 8.36. The van der Waals surface area contributed by atoms with Gasteiger partial charge in [-0.25, -0.2) is 0 Å². The maximum absolute atomic E-state index is 11.1. The summed E-state index contributed by atoms with van der Waals surface area (Å²) in [5, 5.41) is 0. The number of hydrogen-bond donors (Lipinski definition) is 1. The minimum atomic E-state index is -0.358. The molecule has 2 aliphatic rings. The third kappa shape index (κ3) is 2.59. The summed E-state index contributed by atoms with van der Waals surface area (Å²) in [6.07, 6.45) is 3.95. The Morgan fingerprint density at radius 1 is 1.11 bits per heavy atom. The lowest BCUT2D eigenvalue weighted by Gasteiger charge is -2.24. The third-order valence-corrected chi connectivity index (χ3v) is 4.34. The van der Waals surface area contributed by atoms with Crippen LogP contribution in [-0.4, -0.2) is 43.0 Å². The highest BCUT2D eigenvalue weighted by Gasteiger charge is 2.29. The number of carbonyl (C=O) groups is 1. The highest BCUT2D eigenvalue weighted by atomic mass is 16.1. The van der Waals surface area contributed by atoms with E-state index in [9.17, 15) is 4.79 Å². The lowest BCUT2D eigenvalue weighted by molar-refractivity contribution is 0.100. The molecule has 2 N–H and O–H groups in total. The molecule has 0 unspecified atom stereocenters. The highest BCUT2D eigenvalue weighted by Crippen LogP contribution is 2.25. The summed E-state index contributed by atoms with van der Waals surface area (Å²) in [7, 11) is 0. The van der Waals surface area contributed by atoms with Gasteiger partial charge in [0.05, 0.1) is 0 Å². The molecule has 1 aromatic rings. The largest absolute Gasteiger partial charge is 0.370 e. The lowest BCUT2D eigenvalue weighted by atomic mass is 10.2. The number of nitrogens with two attached hydrogens (primary N) is 1. The number of benzene rings is 1. The van der Waals surface area contributed by atoms with E-state index in [2.05, 4.69) is 9.80 Å². The van der Waals surface area contributed by atoms with E-state index in [0.29, 0.717) is 11.6 Å². The standard InChI is InChI=1S/C15H21N3O/c16-15(19)12-3-5-13(6-4-12)18-10-7-14(11-18)17-8-1-2-9-17/h3-6,14H,1-2,7-11H2,(H2,16,19)/t14-/m1/s1. The maximum Gasteiger partial charge on any atom is 0.248 e. The number of carbonyl (C=O) groups excluding carboxylic acids is 1. The van der Waals surface area contributed by atoms with E-state index in [1.165, 1.54) is 38.0 Å². The van der Waals surface area contributed by atoms with Crippen molar-refractivity contribution < 1.29 is 4.79 Å². The van der Waals surface area contributed by atoms with E-state index < -0.39 is 0 Å². The second-order valence-electron chi connectivity index (χ2n) is 5.54. The molecular weight excluding hydrogens is 238 g/mol. The van der Waals surface area contributed by atoms with Crippen molar-refractivity contribution in [3.63, 3.8) is 0 Å². The Hall–Kier alpha value is -1.55. The van der Waals surface area contributed by atoms with Crippen LogP contribution in [0, 0.1) is 0 Å². The van der Waals surface area contributed by atoms with Crippen LogP contribution in [0.25, 0.3) is 0 Å². The van der Waals surface area contributed by atoms with E-state index in [-0.39, 0.29) is 5.91 Å². The van der Waals surface area contributed by atoms with E-state index in [0.717, 1.165) is 13.1 Å². The fourth-order valence-electron chi connectivity index (χ4n) is 3.22. The van der Waals surface area contributed by atoms with Crippen LogP contribution in [0.4, 0.5) is 5.69 Å². The molecule has 19 heavy (non-hydrogen) atoms. The molecule has 2 saturated heterocycles. The average Bonchev–Trinajstić information content (AvgIpc) is 3.10. The number of nitrogens with zero attached hydrogens (tertiary/aromatic N) is 2. The lowest BCUT2D eigenvalue weighted by Crippen LogP contribution is -2.35. The van der Waals surface area contributed by atoms with Crippen molar-refractivity contribution in [1.29, 1.82) is 0 Å². The number of anilines is 1. The van der Waals surface area contributed by atoms with E-state index >= 15 is 0 Å². The second-order valence-corrected chi connectivity index (χ2v) is 5.54. The molecule has 1 aromatic carbocycles. The molecule has 102 valence electrons.